The summed E-state index contributed by atoms with van der Waals surface area (Å²) in [6.07, 6.45) is 0. The number of benzene rings is 2. The molecule has 25 heavy (non-hydrogen) atoms. The molecule has 0 heterocycles. The lowest BCUT2D eigenvalue weighted by molar-refractivity contribution is -0.153. The molecule has 2 aromatic carbocycles. The number of carbonyl (C=O) groups excluding carboxylic acids is 2. The first-order valence-corrected chi connectivity index (χ1v) is 8.06. The van der Waals surface area contributed by atoms with Crippen molar-refractivity contribution in [3.05, 3.63) is 65.7 Å². The molecule has 0 unspecified atom stereocenters. The molecule has 2 aromatic rings. The van der Waals surface area contributed by atoms with Gasteiger partial charge in [0.1, 0.15) is 5.75 Å². The molecule has 0 aliphatic heterocycles. The first kappa shape index (κ1) is 18.5. The van der Waals surface area contributed by atoms with Gasteiger partial charge < -0.3 is 14.8 Å². The summed E-state index contributed by atoms with van der Waals surface area (Å²) in [5.41, 5.74) is 0.939. The predicted octanol–water partition coefficient (Wildman–Crippen LogP) is 2.83. The Labute approximate surface area is 148 Å². The van der Waals surface area contributed by atoms with Crippen LogP contribution in [-0.2, 0) is 26.3 Å². The molecule has 0 spiro atoms. The Morgan fingerprint density at radius 2 is 1.76 bits per heavy atom. The van der Waals surface area contributed by atoms with Crippen LogP contribution in [0.5, 0.6) is 5.75 Å². The minimum atomic E-state index is -0.811. The van der Waals surface area contributed by atoms with Crippen LogP contribution in [0.15, 0.2) is 54.6 Å². The lowest BCUT2D eigenvalue weighted by Gasteiger charge is -2.22. The van der Waals surface area contributed by atoms with Gasteiger partial charge in [0.25, 0.3) is 5.91 Å². The van der Waals surface area contributed by atoms with Crippen molar-refractivity contribution < 1.29 is 19.1 Å². The predicted molar refractivity (Wildman–Crippen MR) is 95.3 cm³/mol. The lowest BCUT2D eigenvalue weighted by atomic mass is 9.85. The fourth-order valence-corrected chi connectivity index (χ4v) is 2.32. The third-order valence-corrected chi connectivity index (χ3v) is 3.96. The molecule has 0 saturated carbocycles. The monoisotopic (exact) mass is 341 g/mol. The lowest BCUT2D eigenvalue weighted by Crippen LogP contribution is -2.35. The third kappa shape index (κ3) is 5.08. The van der Waals surface area contributed by atoms with Crippen LogP contribution in [0.25, 0.3) is 0 Å². The maximum Gasteiger partial charge on any atom is 0.316 e. The summed E-state index contributed by atoms with van der Waals surface area (Å²) >= 11 is 0. The molecule has 5 nitrogen and oxygen atoms in total. The van der Waals surface area contributed by atoms with Gasteiger partial charge in [-0.3, -0.25) is 9.59 Å². The van der Waals surface area contributed by atoms with E-state index in [1.165, 1.54) is 0 Å². The Morgan fingerprint density at radius 1 is 1.04 bits per heavy atom. The number of rotatable bonds is 7. The van der Waals surface area contributed by atoms with Crippen LogP contribution < -0.4 is 10.1 Å². The van der Waals surface area contributed by atoms with E-state index < -0.39 is 11.4 Å². The number of nitrogens with one attached hydrogen (secondary N) is 1. The van der Waals surface area contributed by atoms with Gasteiger partial charge in [0.15, 0.2) is 6.61 Å². The molecular weight excluding hydrogens is 318 g/mol. The maximum absolute atomic E-state index is 12.3. The Bertz CT molecular complexity index is 725. The van der Waals surface area contributed by atoms with E-state index in [9.17, 15) is 9.59 Å². The van der Waals surface area contributed by atoms with Crippen molar-refractivity contribution in [3.63, 3.8) is 0 Å². The Kier molecular flexibility index (Phi) is 6.17. The summed E-state index contributed by atoms with van der Waals surface area (Å²) < 4.78 is 10.3. The number of esters is 1. The third-order valence-electron chi connectivity index (χ3n) is 3.96. The molecule has 0 saturated heterocycles. The van der Waals surface area contributed by atoms with Gasteiger partial charge in [-0.25, -0.2) is 0 Å². The van der Waals surface area contributed by atoms with Crippen LogP contribution in [0.3, 0.4) is 0 Å². The number of carbonyl (C=O) groups is 2. The molecule has 0 fully saturated rings. The van der Waals surface area contributed by atoms with Crippen LogP contribution in [0, 0.1) is 0 Å². The highest BCUT2D eigenvalue weighted by Gasteiger charge is 2.31. The van der Waals surface area contributed by atoms with Gasteiger partial charge in [-0.05, 0) is 37.1 Å². The maximum atomic E-state index is 12.3. The SMILES string of the molecule is COc1cccc(CNC(=O)COC(=O)C(C)(C)c2ccccc2)c1. The van der Waals surface area contributed by atoms with Crippen LogP contribution in [0.4, 0.5) is 0 Å². The van der Waals surface area contributed by atoms with E-state index in [0.29, 0.717) is 6.54 Å². The summed E-state index contributed by atoms with van der Waals surface area (Å²) in [6.45, 7) is 3.59. The quantitative estimate of drug-likeness (QED) is 0.787. The number of hydrogen-bond donors (Lipinski definition) is 1. The molecule has 2 rings (SSSR count). The summed E-state index contributed by atoms with van der Waals surface area (Å²) in [7, 11) is 1.59. The second-order valence-electron chi connectivity index (χ2n) is 6.20. The summed E-state index contributed by atoms with van der Waals surface area (Å²) in [5.74, 6) is -0.0574. The zero-order valence-corrected chi connectivity index (χ0v) is 14.7. The van der Waals surface area contributed by atoms with Gasteiger partial charge in [0.05, 0.1) is 12.5 Å². The van der Waals surface area contributed by atoms with E-state index in [4.69, 9.17) is 9.47 Å². The first-order valence-electron chi connectivity index (χ1n) is 8.06. The highest BCUT2D eigenvalue weighted by Crippen LogP contribution is 2.24. The first-order chi connectivity index (χ1) is 11.9. The Hall–Kier alpha value is -2.82. The van der Waals surface area contributed by atoms with E-state index in [1.54, 1.807) is 21.0 Å². The molecule has 132 valence electrons. The summed E-state index contributed by atoms with van der Waals surface area (Å²) in [4.78, 5) is 24.2. The molecule has 0 aliphatic carbocycles. The fraction of sp³-hybridized carbons (Fsp3) is 0.300. The highest BCUT2D eigenvalue weighted by atomic mass is 16.5. The zero-order valence-electron chi connectivity index (χ0n) is 14.7. The topological polar surface area (TPSA) is 64.6 Å². The normalized spacial score (nSPS) is 10.8. The summed E-state index contributed by atoms with van der Waals surface area (Å²) in [6, 6.07) is 16.8. The molecule has 0 atom stereocenters. The second kappa shape index (κ2) is 8.33. The van der Waals surface area contributed by atoms with Crippen LogP contribution in [0.1, 0.15) is 25.0 Å². The van der Waals surface area contributed by atoms with Crippen LogP contribution in [0.2, 0.25) is 0 Å². The average molecular weight is 341 g/mol. The minimum absolute atomic E-state index is 0.306. The molecule has 0 bridgehead atoms. The second-order valence-corrected chi connectivity index (χ2v) is 6.20. The number of methoxy groups -OCH3 is 1. The van der Waals surface area contributed by atoms with E-state index in [-0.39, 0.29) is 12.5 Å². The Morgan fingerprint density at radius 3 is 2.44 bits per heavy atom. The van der Waals surface area contributed by atoms with Crippen molar-refractivity contribution in [2.45, 2.75) is 25.8 Å². The van der Waals surface area contributed by atoms with Crippen molar-refractivity contribution in [1.29, 1.82) is 0 Å². The van der Waals surface area contributed by atoms with Crippen molar-refractivity contribution in [3.8, 4) is 5.75 Å². The van der Waals surface area contributed by atoms with Crippen LogP contribution >= 0.6 is 0 Å². The molecule has 0 aromatic heterocycles. The number of ether oxygens (including phenoxy) is 2. The van der Waals surface area contributed by atoms with Crippen LogP contribution in [-0.4, -0.2) is 25.6 Å². The van der Waals surface area contributed by atoms with E-state index in [0.717, 1.165) is 16.9 Å². The largest absolute Gasteiger partial charge is 0.497 e. The molecule has 1 N–H and O–H groups in total. The molecule has 5 heteroatoms. The van der Waals surface area contributed by atoms with Gasteiger partial charge in [-0.1, -0.05) is 42.5 Å². The van der Waals surface area contributed by atoms with Gasteiger partial charge in [0.2, 0.25) is 0 Å². The van der Waals surface area contributed by atoms with Gasteiger partial charge in [-0.15, -0.1) is 0 Å². The molecular formula is C20H23NO4. The smallest absolute Gasteiger partial charge is 0.316 e. The van der Waals surface area contributed by atoms with Crippen molar-refractivity contribution in [2.75, 3.05) is 13.7 Å². The van der Waals surface area contributed by atoms with Gasteiger partial charge in [-0.2, -0.15) is 0 Å². The number of hydrogen-bond acceptors (Lipinski definition) is 4. The number of amides is 1. The fourth-order valence-electron chi connectivity index (χ4n) is 2.32. The van der Waals surface area contributed by atoms with Crippen molar-refractivity contribution in [2.24, 2.45) is 0 Å². The van der Waals surface area contributed by atoms with Crippen molar-refractivity contribution >= 4 is 11.9 Å². The molecule has 0 aliphatic rings. The minimum Gasteiger partial charge on any atom is -0.497 e. The molecule has 0 radical (unpaired) electrons. The Balaban J connectivity index is 1.84. The standard InChI is InChI=1S/C20H23NO4/c1-20(2,16-9-5-4-6-10-16)19(23)25-14-18(22)21-13-15-8-7-11-17(12-15)24-3/h4-12H,13-14H2,1-3H3,(H,21,22). The average Bonchev–Trinajstić information content (AvgIpc) is 2.65. The zero-order chi connectivity index (χ0) is 18.3. The van der Waals surface area contributed by atoms with E-state index in [1.807, 2.05) is 54.6 Å². The highest BCUT2D eigenvalue weighted by molar-refractivity contribution is 5.85. The van der Waals surface area contributed by atoms with Gasteiger partial charge in [0, 0.05) is 6.54 Å². The summed E-state index contributed by atoms with van der Waals surface area (Å²) in [5, 5.41) is 2.73. The molecule has 1 amide bonds. The van der Waals surface area contributed by atoms with Gasteiger partial charge >= 0.3 is 5.97 Å². The van der Waals surface area contributed by atoms with E-state index in [2.05, 4.69) is 5.32 Å². The van der Waals surface area contributed by atoms with E-state index >= 15 is 0 Å². The van der Waals surface area contributed by atoms with Crippen molar-refractivity contribution in [1.82, 2.24) is 5.32 Å².